The van der Waals surface area contributed by atoms with Crippen LogP contribution in [0.3, 0.4) is 0 Å². The molecule has 2 aromatic heterocycles. The highest BCUT2D eigenvalue weighted by Gasteiger charge is 2.34. The van der Waals surface area contributed by atoms with Crippen molar-refractivity contribution in [3.63, 3.8) is 0 Å². The van der Waals surface area contributed by atoms with Crippen LogP contribution >= 0.6 is 0 Å². The summed E-state index contributed by atoms with van der Waals surface area (Å²) in [5, 5.41) is 7.41. The third-order valence-electron chi connectivity index (χ3n) is 5.57. The highest BCUT2D eigenvalue weighted by Crippen LogP contribution is 2.35. The molecule has 1 N–H and O–H groups in total. The summed E-state index contributed by atoms with van der Waals surface area (Å²) >= 11 is 0. The lowest BCUT2D eigenvalue weighted by Gasteiger charge is -2.32. The van der Waals surface area contributed by atoms with Gasteiger partial charge in [0.15, 0.2) is 11.6 Å². The molecule has 1 saturated heterocycles. The van der Waals surface area contributed by atoms with E-state index in [2.05, 4.69) is 24.9 Å². The Morgan fingerprint density at radius 3 is 2.43 bits per heavy atom. The fourth-order valence-electron chi connectivity index (χ4n) is 3.94. The van der Waals surface area contributed by atoms with Crippen LogP contribution in [0.15, 0.2) is 30.6 Å². The maximum absolute atomic E-state index is 13.4. The molecule has 0 radical (unpaired) electrons. The molecule has 0 amide bonds. The largest absolute Gasteiger partial charge is 0.494 e. The van der Waals surface area contributed by atoms with Gasteiger partial charge < -0.3 is 19.1 Å². The van der Waals surface area contributed by atoms with Gasteiger partial charge in [0.25, 0.3) is 0 Å². The maximum atomic E-state index is 13.4. The van der Waals surface area contributed by atoms with Gasteiger partial charge in [-0.3, -0.25) is 9.29 Å². The molecule has 3 heterocycles. The summed E-state index contributed by atoms with van der Waals surface area (Å²) in [6, 6.07) is 5.18. The molecule has 188 valence electrons. The Labute approximate surface area is 202 Å². The molecule has 1 aliphatic heterocycles. The van der Waals surface area contributed by atoms with E-state index in [0.717, 1.165) is 12.4 Å². The molecule has 0 spiro atoms. The van der Waals surface area contributed by atoms with Crippen molar-refractivity contribution in [1.29, 1.82) is 0 Å². The molecule has 1 aliphatic rings. The smallest absolute Gasteiger partial charge is 0.243 e. The van der Waals surface area contributed by atoms with Crippen molar-refractivity contribution < 1.29 is 27.0 Å². The molecule has 14 heteroatoms. The third-order valence-corrected chi connectivity index (χ3v) is 7.30. The number of anilines is 2. The second-order valence-electron chi connectivity index (χ2n) is 7.78. The molecule has 35 heavy (non-hydrogen) atoms. The van der Waals surface area contributed by atoms with Crippen molar-refractivity contribution in [2.45, 2.75) is 24.7 Å². The highest BCUT2D eigenvalue weighted by molar-refractivity contribution is 7.93. The minimum Gasteiger partial charge on any atom is -0.494 e. The summed E-state index contributed by atoms with van der Waals surface area (Å²) in [5.41, 5.74) is 0.428. The highest BCUT2D eigenvalue weighted by atomic mass is 32.2. The number of rotatable bonds is 9. The van der Waals surface area contributed by atoms with Crippen molar-refractivity contribution in [3.05, 3.63) is 42.2 Å². The van der Waals surface area contributed by atoms with E-state index >= 15 is 0 Å². The number of halogens is 1. The van der Waals surface area contributed by atoms with Crippen LogP contribution in [0.4, 0.5) is 16.3 Å². The monoisotopic (exact) mass is 507 g/mol. The number of para-hydroxylation sites is 1. The SMILES string of the molecule is COCc1nnc(NS(=O)(=O)[C@H]2CCCN(c3ncc(F)cn3)C2)n1-c1c(OC)cccc1OC. The maximum Gasteiger partial charge on any atom is 0.243 e. The van der Waals surface area contributed by atoms with Crippen LogP contribution in [-0.4, -0.2) is 72.8 Å². The van der Waals surface area contributed by atoms with E-state index in [0.29, 0.717) is 42.4 Å². The lowest BCUT2D eigenvalue weighted by atomic mass is 10.1. The number of sulfonamides is 1. The van der Waals surface area contributed by atoms with Crippen LogP contribution in [0.25, 0.3) is 5.69 Å². The number of piperidine rings is 1. The molecule has 1 fully saturated rings. The summed E-state index contributed by atoms with van der Waals surface area (Å²) in [7, 11) is 0.566. The Bertz CT molecular complexity index is 1250. The molecule has 12 nitrogen and oxygen atoms in total. The summed E-state index contributed by atoms with van der Waals surface area (Å²) in [6.07, 6.45) is 3.12. The van der Waals surface area contributed by atoms with Gasteiger partial charge in [-0.15, -0.1) is 10.2 Å². The number of nitrogens with zero attached hydrogens (tertiary/aromatic N) is 6. The van der Waals surface area contributed by atoms with Crippen LogP contribution in [0.5, 0.6) is 11.5 Å². The summed E-state index contributed by atoms with van der Waals surface area (Å²) < 4.78 is 60.4. The minimum absolute atomic E-state index is 0.0324. The van der Waals surface area contributed by atoms with Crippen LogP contribution < -0.4 is 19.1 Å². The fraction of sp³-hybridized carbons (Fsp3) is 0.429. The summed E-state index contributed by atoms with van der Waals surface area (Å²) in [4.78, 5) is 9.67. The average Bonchev–Trinajstić information content (AvgIpc) is 3.25. The molecule has 0 unspecified atom stereocenters. The number of nitrogens with one attached hydrogen (secondary N) is 1. The quantitative estimate of drug-likeness (QED) is 0.457. The van der Waals surface area contributed by atoms with Crippen molar-refractivity contribution >= 4 is 21.9 Å². The van der Waals surface area contributed by atoms with Gasteiger partial charge in [0, 0.05) is 20.2 Å². The Balaban J connectivity index is 1.67. The van der Waals surface area contributed by atoms with Crippen molar-refractivity contribution in [2.75, 3.05) is 44.0 Å². The molecular weight excluding hydrogens is 481 g/mol. The summed E-state index contributed by atoms with van der Waals surface area (Å²) in [6.45, 7) is 0.761. The van der Waals surface area contributed by atoms with Crippen molar-refractivity contribution in [3.8, 4) is 17.2 Å². The third kappa shape index (κ3) is 5.12. The van der Waals surface area contributed by atoms with E-state index < -0.39 is 21.1 Å². The van der Waals surface area contributed by atoms with E-state index in [-0.39, 0.29) is 25.0 Å². The van der Waals surface area contributed by atoms with Gasteiger partial charge in [0.1, 0.15) is 23.8 Å². The normalized spacial score (nSPS) is 16.2. The van der Waals surface area contributed by atoms with Crippen LogP contribution in [-0.2, 0) is 21.4 Å². The first-order valence-electron chi connectivity index (χ1n) is 10.8. The van der Waals surface area contributed by atoms with Gasteiger partial charge >= 0.3 is 0 Å². The van der Waals surface area contributed by atoms with Crippen molar-refractivity contribution in [2.24, 2.45) is 0 Å². The zero-order valence-electron chi connectivity index (χ0n) is 19.5. The van der Waals surface area contributed by atoms with Crippen LogP contribution in [0.2, 0.25) is 0 Å². The molecular formula is C21H26FN7O5S. The number of aromatic nitrogens is 5. The molecule has 4 rings (SSSR count). The lowest BCUT2D eigenvalue weighted by molar-refractivity contribution is 0.176. The molecule has 1 atom stereocenters. The Morgan fingerprint density at radius 2 is 1.80 bits per heavy atom. The van der Waals surface area contributed by atoms with Crippen molar-refractivity contribution in [1.82, 2.24) is 24.7 Å². The van der Waals surface area contributed by atoms with E-state index in [1.807, 2.05) is 0 Å². The van der Waals surface area contributed by atoms with E-state index in [4.69, 9.17) is 14.2 Å². The molecule has 0 saturated carbocycles. The first kappa shape index (κ1) is 24.6. The predicted octanol–water partition coefficient (Wildman–Crippen LogP) is 1.77. The minimum atomic E-state index is -3.92. The molecule has 3 aromatic rings. The topological polar surface area (TPSA) is 134 Å². The molecule has 0 bridgehead atoms. The van der Waals surface area contributed by atoms with E-state index in [1.54, 1.807) is 23.1 Å². The fourth-order valence-corrected chi connectivity index (χ4v) is 5.35. The number of ether oxygens (including phenoxy) is 3. The van der Waals surface area contributed by atoms with Gasteiger partial charge in [-0.1, -0.05) is 6.07 Å². The Hall–Kier alpha value is -3.52. The van der Waals surface area contributed by atoms with Gasteiger partial charge in [0.2, 0.25) is 21.9 Å². The predicted molar refractivity (Wildman–Crippen MR) is 125 cm³/mol. The van der Waals surface area contributed by atoms with Gasteiger partial charge in [-0.05, 0) is 25.0 Å². The van der Waals surface area contributed by atoms with Gasteiger partial charge in [-0.25, -0.2) is 22.8 Å². The average molecular weight is 508 g/mol. The zero-order chi connectivity index (χ0) is 25.0. The first-order chi connectivity index (χ1) is 16.9. The first-order valence-corrected chi connectivity index (χ1v) is 12.3. The van der Waals surface area contributed by atoms with E-state index in [1.165, 1.54) is 25.9 Å². The molecule has 1 aromatic carbocycles. The number of methoxy groups -OCH3 is 3. The van der Waals surface area contributed by atoms with Gasteiger partial charge in [-0.2, -0.15) is 0 Å². The molecule has 0 aliphatic carbocycles. The zero-order valence-corrected chi connectivity index (χ0v) is 20.3. The Kier molecular flexibility index (Phi) is 7.31. The van der Waals surface area contributed by atoms with Crippen LogP contribution in [0, 0.1) is 5.82 Å². The van der Waals surface area contributed by atoms with Crippen LogP contribution in [0.1, 0.15) is 18.7 Å². The number of hydrogen-bond acceptors (Lipinski definition) is 10. The number of hydrogen-bond donors (Lipinski definition) is 1. The Morgan fingerprint density at radius 1 is 1.11 bits per heavy atom. The second-order valence-corrected chi connectivity index (χ2v) is 9.74. The van der Waals surface area contributed by atoms with E-state index in [9.17, 15) is 12.8 Å². The summed E-state index contributed by atoms with van der Waals surface area (Å²) in [5.74, 6) is 0.886. The number of benzene rings is 1. The van der Waals surface area contributed by atoms with Gasteiger partial charge in [0.05, 0.1) is 31.9 Å². The lowest BCUT2D eigenvalue weighted by Crippen LogP contribution is -2.45. The standard InChI is InChI=1S/C21H26FN7O5S/c1-32-13-18-25-26-21(29(18)19-16(33-2)7-4-8-17(19)34-3)27-35(30,31)15-6-5-9-28(12-15)20-23-10-14(22)11-24-20/h4,7-8,10-11,15H,5-6,9,12-13H2,1-3H3,(H,26,27)/t15-/m0/s1. The second kappa shape index (κ2) is 10.4.